The zero-order chi connectivity index (χ0) is 15.1. The molecule has 104 valence electrons. The standard InChI is InChI=1S/2C7H9BO2/c2*1-6-4-2-3-5-7(6)8(9)10/h2*2-5,9-10H,1H3. The van der Waals surface area contributed by atoms with Gasteiger partial charge in [0.15, 0.2) is 0 Å². The molecule has 0 amide bonds. The summed E-state index contributed by atoms with van der Waals surface area (Å²) in [6, 6.07) is 14.4. The van der Waals surface area contributed by atoms with Gasteiger partial charge in [0.1, 0.15) is 0 Å². The molecule has 0 saturated carbocycles. The molecule has 4 N–H and O–H groups in total. The van der Waals surface area contributed by atoms with Gasteiger partial charge in [-0.25, -0.2) is 0 Å². The summed E-state index contributed by atoms with van der Waals surface area (Å²) < 4.78 is 0. The van der Waals surface area contributed by atoms with E-state index in [2.05, 4.69) is 0 Å². The van der Waals surface area contributed by atoms with Crippen LogP contribution >= 0.6 is 0 Å². The number of rotatable bonds is 2. The number of hydrogen-bond acceptors (Lipinski definition) is 4. The van der Waals surface area contributed by atoms with E-state index in [1.165, 1.54) is 0 Å². The minimum atomic E-state index is -1.35. The average molecular weight is 272 g/mol. The Kier molecular flexibility index (Phi) is 6.48. The monoisotopic (exact) mass is 272 g/mol. The van der Waals surface area contributed by atoms with Crippen molar-refractivity contribution in [1.29, 1.82) is 0 Å². The minimum absolute atomic E-state index is 0.572. The smallest absolute Gasteiger partial charge is 0.423 e. The van der Waals surface area contributed by atoms with Crippen molar-refractivity contribution in [3.8, 4) is 0 Å². The average Bonchev–Trinajstić information content (AvgIpc) is 2.40. The molecular formula is C14H18B2O4. The van der Waals surface area contributed by atoms with E-state index in [4.69, 9.17) is 20.1 Å². The van der Waals surface area contributed by atoms with E-state index in [1.807, 2.05) is 38.1 Å². The van der Waals surface area contributed by atoms with Crippen LogP contribution in [0.5, 0.6) is 0 Å². The molecule has 0 saturated heterocycles. The Hall–Kier alpha value is -1.59. The first kappa shape index (κ1) is 16.5. The molecule has 6 heteroatoms. The third kappa shape index (κ3) is 4.83. The van der Waals surface area contributed by atoms with Crippen LogP contribution in [0.2, 0.25) is 0 Å². The molecule has 2 aromatic carbocycles. The van der Waals surface area contributed by atoms with E-state index in [-0.39, 0.29) is 0 Å². The summed E-state index contributed by atoms with van der Waals surface area (Å²) in [6.45, 7) is 3.68. The van der Waals surface area contributed by atoms with Crippen molar-refractivity contribution in [2.45, 2.75) is 13.8 Å². The second-order valence-corrected chi connectivity index (χ2v) is 4.46. The van der Waals surface area contributed by atoms with Gasteiger partial charge in [0.25, 0.3) is 0 Å². The van der Waals surface area contributed by atoms with Gasteiger partial charge >= 0.3 is 14.2 Å². The Morgan fingerprint density at radius 3 is 1.10 bits per heavy atom. The Morgan fingerprint density at radius 1 is 0.600 bits per heavy atom. The summed E-state index contributed by atoms with van der Waals surface area (Å²) in [7, 11) is -2.69. The van der Waals surface area contributed by atoms with E-state index in [0.29, 0.717) is 10.9 Å². The predicted molar refractivity (Wildman–Crippen MR) is 82.0 cm³/mol. The van der Waals surface area contributed by atoms with Crippen molar-refractivity contribution >= 4 is 25.2 Å². The quantitative estimate of drug-likeness (QED) is 0.548. The molecule has 0 spiro atoms. The topological polar surface area (TPSA) is 80.9 Å². The molecule has 0 fully saturated rings. The lowest BCUT2D eigenvalue weighted by molar-refractivity contribution is 0.424. The molecule has 0 unspecified atom stereocenters. The maximum atomic E-state index is 8.76. The molecule has 2 rings (SSSR count). The highest BCUT2D eigenvalue weighted by Crippen LogP contribution is 1.93. The SMILES string of the molecule is Cc1ccccc1B(O)O.Cc1ccccc1B(O)O. The number of aryl methyl sites for hydroxylation is 2. The Morgan fingerprint density at radius 2 is 0.900 bits per heavy atom. The third-order valence-corrected chi connectivity index (χ3v) is 2.93. The molecule has 4 nitrogen and oxygen atoms in total. The highest BCUT2D eigenvalue weighted by molar-refractivity contribution is 6.59. The minimum Gasteiger partial charge on any atom is -0.423 e. The Balaban J connectivity index is 0.000000200. The summed E-state index contributed by atoms with van der Waals surface area (Å²) >= 11 is 0. The van der Waals surface area contributed by atoms with Crippen LogP contribution in [0.25, 0.3) is 0 Å². The summed E-state index contributed by atoms with van der Waals surface area (Å²) in [4.78, 5) is 0. The van der Waals surface area contributed by atoms with Crippen LogP contribution in [-0.4, -0.2) is 34.3 Å². The fraction of sp³-hybridized carbons (Fsp3) is 0.143. The first-order chi connectivity index (χ1) is 9.43. The zero-order valence-corrected chi connectivity index (χ0v) is 11.6. The first-order valence-corrected chi connectivity index (χ1v) is 6.26. The van der Waals surface area contributed by atoms with Crippen molar-refractivity contribution < 1.29 is 20.1 Å². The Bertz CT molecular complexity index is 495. The molecule has 2 aromatic rings. The molecule has 0 aliphatic rings. The van der Waals surface area contributed by atoms with Gasteiger partial charge in [0, 0.05) is 0 Å². The number of hydrogen-bond donors (Lipinski definition) is 4. The van der Waals surface area contributed by atoms with Gasteiger partial charge in [-0.1, -0.05) is 59.7 Å². The molecule has 0 heterocycles. The molecule has 0 aromatic heterocycles. The van der Waals surface area contributed by atoms with Gasteiger partial charge in [0.05, 0.1) is 0 Å². The van der Waals surface area contributed by atoms with E-state index < -0.39 is 14.2 Å². The highest BCUT2D eigenvalue weighted by atomic mass is 16.4. The molecule has 20 heavy (non-hydrogen) atoms. The van der Waals surface area contributed by atoms with Crippen LogP contribution < -0.4 is 10.9 Å². The normalized spacial score (nSPS) is 9.50. The van der Waals surface area contributed by atoms with Gasteiger partial charge in [0.2, 0.25) is 0 Å². The maximum Gasteiger partial charge on any atom is 0.488 e. The predicted octanol–water partition coefficient (Wildman–Crippen LogP) is -0.650. The van der Waals surface area contributed by atoms with Crippen LogP contribution in [-0.2, 0) is 0 Å². The van der Waals surface area contributed by atoms with Crippen LogP contribution in [0.3, 0.4) is 0 Å². The fourth-order valence-corrected chi connectivity index (χ4v) is 1.75. The maximum absolute atomic E-state index is 8.76. The fourth-order valence-electron chi connectivity index (χ4n) is 1.75. The second kappa shape index (κ2) is 7.87. The van der Waals surface area contributed by atoms with E-state index in [1.54, 1.807) is 24.3 Å². The van der Waals surface area contributed by atoms with Crippen LogP contribution in [0.1, 0.15) is 11.1 Å². The Labute approximate surface area is 119 Å². The van der Waals surface area contributed by atoms with Gasteiger partial charge in [-0.05, 0) is 24.8 Å². The molecular weight excluding hydrogens is 254 g/mol. The van der Waals surface area contributed by atoms with Gasteiger partial charge in [-0.15, -0.1) is 0 Å². The third-order valence-electron chi connectivity index (χ3n) is 2.93. The van der Waals surface area contributed by atoms with E-state index in [0.717, 1.165) is 11.1 Å². The summed E-state index contributed by atoms with van der Waals surface area (Å²) in [5.41, 5.74) is 2.94. The zero-order valence-electron chi connectivity index (χ0n) is 11.6. The van der Waals surface area contributed by atoms with Gasteiger partial charge in [-0.3, -0.25) is 0 Å². The highest BCUT2D eigenvalue weighted by Gasteiger charge is 2.12. The summed E-state index contributed by atoms with van der Waals surface area (Å²) in [5.74, 6) is 0. The van der Waals surface area contributed by atoms with E-state index in [9.17, 15) is 0 Å². The summed E-state index contributed by atoms with van der Waals surface area (Å²) in [5, 5.41) is 35.0. The van der Waals surface area contributed by atoms with Crippen molar-refractivity contribution in [3.63, 3.8) is 0 Å². The van der Waals surface area contributed by atoms with Crippen molar-refractivity contribution in [1.82, 2.24) is 0 Å². The lowest BCUT2D eigenvalue weighted by Gasteiger charge is -2.01. The van der Waals surface area contributed by atoms with E-state index >= 15 is 0 Å². The van der Waals surface area contributed by atoms with Crippen LogP contribution in [0.15, 0.2) is 48.5 Å². The molecule has 0 bridgehead atoms. The van der Waals surface area contributed by atoms with Crippen LogP contribution in [0.4, 0.5) is 0 Å². The van der Waals surface area contributed by atoms with Gasteiger partial charge < -0.3 is 20.1 Å². The van der Waals surface area contributed by atoms with Crippen molar-refractivity contribution in [2.24, 2.45) is 0 Å². The lowest BCUT2D eigenvalue weighted by Crippen LogP contribution is -2.31. The van der Waals surface area contributed by atoms with Crippen molar-refractivity contribution in [2.75, 3.05) is 0 Å². The largest absolute Gasteiger partial charge is 0.488 e. The molecule has 0 atom stereocenters. The lowest BCUT2D eigenvalue weighted by atomic mass is 9.77. The molecule has 0 aliphatic heterocycles. The molecule has 0 radical (unpaired) electrons. The number of benzene rings is 2. The van der Waals surface area contributed by atoms with Gasteiger partial charge in [-0.2, -0.15) is 0 Å². The first-order valence-electron chi connectivity index (χ1n) is 6.26. The second-order valence-electron chi connectivity index (χ2n) is 4.46. The van der Waals surface area contributed by atoms with Crippen LogP contribution in [0, 0.1) is 13.8 Å². The van der Waals surface area contributed by atoms with Crippen molar-refractivity contribution in [3.05, 3.63) is 59.7 Å². The summed E-state index contributed by atoms with van der Waals surface area (Å²) in [6.07, 6.45) is 0. The molecule has 0 aliphatic carbocycles.